The van der Waals surface area contributed by atoms with Crippen LogP contribution in [0.25, 0.3) is 0 Å². The smallest absolute Gasteiger partial charge is 0.147 e. The highest BCUT2D eigenvalue weighted by Crippen LogP contribution is 2.31. The highest BCUT2D eigenvalue weighted by molar-refractivity contribution is 5.17. The third-order valence-corrected chi connectivity index (χ3v) is 7.05. The number of benzene rings is 4. The SMILES string of the molecule is C#CC1OC(COCc2ccccc2)C(OCc2ccccc2)C(OCc2ccccc2)C1OCc1ccccc1. The van der Waals surface area contributed by atoms with Crippen LogP contribution < -0.4 is 0 Å². The van der Waals surface area contributed by atoms with Gasteiger partial charge in [-0.05, 0) is 22.3 Å². The van der Waals surface area contributed by atoms with E-state index in [2.05, 4.69) is 5.92 Å². The van der Waals surface area contributed by atoms with Gasteiger partial charge in [-0.1, -0.05) is 127 Å². The van der Waals surface area contributed by atoms with Gasteiger partial charge in [0.2, 0.25) is 0 Å². The predicted molar refractivity (Wildman–Crippen MR) is 159 cm³/mol. The number of rotatable bonds is 13. The second kappa shape index (κ2) is 15.3. The van der Waals surface area contributed by atoms with Gasteiger partial charge in [-0.2, -0.15) is 0 Å². The van der Waals surface area contributed by atoms with Crippen LogP contribution in [0.4, 0.5) is 0 Å². The Morgan fingerprint density at radius 3 is 1.34 bits per heavy atom. The molecule has 5 atom stereocenters. The van der Waals surface area contributed by atoms with E-state index >= 15 is 0 Å². The summed E-state index contributed by atoms with van der Waals surface area (Å²) >= 11 is 0. The molecular weight excluding hydrogens is 512 g/mol. The molecule has 1 saturated heterocycles. The first-order valence-corrected chi connectivity index (χ1v) is 14.0. The Bertz CT molecular complexity index is 1320. The highest BCUT2D eigenvalue weighted by Gasteiger charge is 2.48. The molecule has 0 bridgehead atoms. The number of hydrogen-bond donors (Lipinski definition) is 0. The minimum absolute atomic E-state index is 0.295. The molecule has 5 rings (SSSR count). The van der Waals surface area contributed by atoms with Gasteiger partial charge in [0.15, 0.2) is 0 Å². The van der Waals surface area contributed by atoms with Crippen LogP contribution in [0.15, 0.2) is 121 Å². The van der Waals surface area contributed by atoms with Crippen LogP contribution in [0, 0.1) is 12.3 Å². The van der Waals surface area contributed by atoms with Gasteiger partial charge in [-0.3, -0.25) is 0 Å². The molecule has 1 aliphatic heterocycles. The van der Waals surface area contributed by atoms with Crippen molar-refractivity contribution in [3.8, 4) is 12.3 Å². The van der Waals surface area contributed by atoms with Gasteiger partial charge < -0.3 is 23.7 Å². The fourth-order valence-corrected chi connectivity index (χ4v) is 4.92. The van der Waals surface area contributed by atoms with Crippen molar-refractivity contribution >= 4 is 0 Å². The Kier molecular flexibility index (Phi) is 10.7. The maximum Gasteiger partial charge on any atom is 0.147 e. The normalized spacial score (nSPS) is 22.2. The molecule has 0 N–H and O–H groups in total. The minimum Gasteiger partial charge on any atom is -0.374 e. The molecule has 210 valence electrons. The molecule has 0 radical (unpaired) electrons. The van der Waals surface area contributed by atoms with E-state index in [-0.39, 0.29) is 0 Å². The van der Waals surface area contributed by atoms with Gasteiger partial charge in [-0.25, -0.2) is 0 Å². The maximum atomic E-state index is 6.62. The third kappa shape index (κ3) is 8.37. The van der Waals surface area contributed by atoms with Crippen molar-refractivity contribution in [1.82, 2.24) is 0 Å². The lowest BCUT2D eigenvalue weighted by molar-refractivity contribution is -0.261. The second-order valence-electron chi connectivity index (χ2n) is 10.0. The standard InChI is InChI=1S/C36H36O5/c1-2-32-34(38-24-29-17-9-4-10-18-29)36(40-26-31-21-13-6-14-22-31)35(39-25-30-19-11-5-12-20-30)33(41-32)27-37-23-28-15-7-3-8-16-28/h1,3-22,32-36H,23-27H2. The van der Waals surface area contributed by atoms with E-state index in [1.54, 1.807) is 0 Å². The lowest BCUT2D eigenvalue weighted by Crippen LogP contribution is -2.60. The highest BCUT2D eigenvalue weighted by atomic mass is 16.6. The van der Waals surface area contributed by atoms with Gasteiger partial charge in [0.1, 0.15) is 30.5 Å². The first kappa shape index (κ1) is 28.8. The quantitative estimate of drug-likeness (QED) is 0.182. The predicted octanol–water partition coefficient (Wildman–Crippen LogP) is 6.36. The Labute approximate surface area is 243 Å². The fraction of sp³-hybridized carbons (Fsp3) is 0.278. The Hall–Kier alpha value is -3.76. The molecule has 0 spiro atoms. The first-order valence-electron chi connectivity index (χ1n) is 14.0. The zero-order valence-electron chi connectivity index (χ0n) is 23.1. The average Bonchev–Trinajstić information content (AvgIpc) is 3.04. The van der Waals surface area contributed by atoms with Crippen LogP contribution in [-0.4, -0.2) is 37.1 Å². The summed E-state index contributed by atoms with van der Waals surface area (Å²) in [5.74, 6) is 2.81. The summed E-state index contributed by atoms with van der Waals surface area (Å²) in [5, 5.41) is 0. The van der Waals surface area contributed by atoms with E-state index in [0.717, 1.165) is 22.3 Å². The van der Waals surface area contributed by atoms with E-state index in [0.29, 0.717) is 33.0 Å². The molecule has 1 aliphatic rings. The summed E-state index contributed by atoms with van der Waals surface area (Å²) in [6.45, 7) is 1.90. The van der Waals surface area contributed by atoms with Crippen molar-refractivity contribution in [1.29, 1.82) is 0 Å². The number of ether oxygens (including phenoxy) is 5. The Balaban J connectivity index is 1.39. The van der Waals surface area contributed by atoms with Crippen molar-refractivity contribution in [3.05, 3.63) is 144 Å². The molecule has 0 amide bonds. The summed E-state index contributed by atoms with van der Waals surface area (Å²) in [4.78, 5) is 0. The number of terminal acetylenes is 1. The first-order chi connectivity index (χ1) is 20.3. The van der Waals surface area contributed by atoms with E-state index in [4.69, 9.17) is 30.1 Å². The summed E-state index contributed by atoms with van der Waals surface area (Å²) in [6, 6.07) is 40.2. The molecule has 0 aromatic heterocycles. The topological polar surface area (TPSA) is 46.2 Å². The van der Waals surface area contributed by atoms with Gasteiger partial charge in [0.05, 0.1) is 33.0 Å². The molecule has 0 aliphatic carbocycles. The van der Waals surface area contributed by atoms with Gasteiger partial charge >= 0.3 is 0 Å². The molecule has 1 heterocycles. The summed E-state index contributed by atoms with van der Waals surface area (Å²) in [7, 11) is 0. The van der Waals surface area contributed by atoms with Crippen LogP contribution >= 0.6 is 0 Å². The zero-order valence-corrected chi connectivity index (χ0v) is 23.1. The maximum absolute atomic E-state index is 6.62. The average molecular weight is 549 g/mol. The van der Waals surface area contributed by atoms with Crippen molar-refractivity contribution < 1.29 is 23.7 Å². The van der Waals surface area contributed by atoms with E-state index in [1.165, 1.54) is 0 Å². The van der Waals surface area contributed by atoms with Crippen LogP contribution in [-0.2, 0) is 50.1 Å². The molecule has 1 fully saturated rings. The lowest BCUT2D eigenvalue weighted by Gasteiger charge is -2.44. The minimum atomic E-state index is -0.638. The van der Waals surface area contributed by atoms with E-state index in [1.807, 2.05) is 121 Å². The molecule has 4 aromatic rings. The van der Waals surface area contributed by atoms with Crippen LogP contribution in [0.3, 0.4) is 0 Å². The second-order valence-corrected chi connectivity index (χ2v) is 10.0. The van der Waals surface area contributed by atoms with Gasteiger partial charge in [-0.15, -0.1) is 6.42 Å². The van der Waals surface area contributed by atoms with Gasteiger partial charge in [0, 0.05) is 0 Å². The van der Waals surface area contributed by atoms with Crippen molar-refractivity contribution in [2.75, 3.05) is 6.61 Å². The van der Waals surface area contributed by atoms with Crippen LogP contribution in [0.2, 0.25) is 0 Å². The van der Waals surface area contributed by atoms with E-state index < -0.39 is 30.5 Å². The zero-order chi connectivity index (χ0) is 28.1. The summed E-state index contributed by atoms with van der Waals surface area (Å²) < 4.78 is 32.3. The van der Waals surface area contributed by atoms with Crippen LogP contribution in [0.5, 0.6) is 0 Å². The molecule has 4 aromatic carbocycles. The van der Waals surface area contributed by atoms with Crippen LogP contribution in [0.1, 0.15) is 22.3 Å². The lowest BCUT2D eigenvalue weighted by atomic mass is 9.94. The molecule has 0 saturated carbocycles. The van der Waals surface area contributed by atoms with Gasteiger partial charge in [0.25, 0.3) is 0 Å². The summed E-state index contributed by atoms with van der Waals surface area (Å²) in [5.41, 5.74) is 4.23. The monoisotopic (exact) mass is 548 g/mol. The fourth-order valence-electron chi connectivity index (χ4n) is 4.92. The Morgan fingerprint density at radius 1 is 0.512 bits per heavy atom. The summed E-state index contributed by atoms with van der Waals surface area (Å²) in [6.07, 6.45) is 3.41. The molecule has 5 unspecified atom stereocenters. The molecule has 5 heteroatoms. The number of hydrogen-bond acceptors (Lipinski definition) is 5. The molecular formula is C36H36O5. The van der Waals surface area contributed by atoms with Crippen molar-refractivity contribution in [2.24, 2.45) is 0 Å². The molecule has 41 heavy (non-hydrogen) atoms. The van der Waals surface area contributed by atoms with Crippen molar-refractivity contribution in [3.63, 3.8) is 0 Å². The third-order valence-electron chi connectivity index (χ3n) is 7.05. The molecule has 5 nitrogen and oxygen atoms in total. The van der Waals surface area contributed by atoms with E-state index in [9.17, 15) is 0 Å². The Morgan fingerprint density at radius 2 is 0.902 bits per heavy atom. The largest absolute Gasteiger partial charge is 0.374 e. The van der Waals surface area contributed by atoms with Crippen molar-refractivity contribution in [2.45, 2.75) is 56.9 Å².